The van der Waals surface area contributed by atoms with Gasteiger partial charge >= 0.3 is 0 Å². The standard InChI is InChI=1S/C20H25ClN4O3/c1-14-10-15(2)25(23-14)13-18(26)24-8-6-20(28,7-9-24)19(27)22-12-16-4-3-5-17(21)11-16/h3-5,10-11,28H,6-9,12-13H2,1-2H3,(H,22,27). The van der Waals surface area contributed by atoms with E-state index in [2.05, 4.69) is 10.4 Å². The Morgan fingerprint density at radius 1 is 1.25 bits per heavy atom. The molecule has 0 unspecified atom stereocenters. The van der Waals surface area contributed by atoms with E-state index in [4.69, 9.17) is 11.6 Å². The Morgan fingerprint density at radius 3 is 2.57 bits per heavy atom. The molecule has 0 aliphatic carbocycles. The third-order valence-electron chi connectivity index (χ3n) is 5.10. The lowest BCUT2D eigenvalue weighted by molar-refractivity contribution is -0.149. The molecule has 1 aliphatic rings. The number of carbonyl (C=O) groups excluding carboxylic acids is 2. The monoisotopic (exact) mass is 404 g/mol. The van der Waals surface area contributed by atoms with Gasteiger partial charge in [0.25, 0.3) is 5.91 Å². The van der Waals surface area contributed by atoms with Crippen LogP contribution in [0.2, 0.25) is 5.02 Å². The summed E-state index contributed by atoms with van der Waals surface area (Å²) in [4.78, 5) is 26.7. The van der Waals surface area contributed by atoms with Gasteiger partial charge in [0.15, 0.2) is 0 Å². The number of piperidine rings is 1. The first-order valence-electron chi connectivity index (χ1n) is 9.31. The molecule has 7 nitrogen and oxygen atoms in total. The van der Waals surface area contributed by atoms with Gasteiger partial charge in [-0.2, -0.15) is 5.10 Å². The maximum absolute atomic E-state index is 12.5. The van der Waals surface area contributed by atoms with Crippen molar-refractivity contribution in [2.24, 2.45) is 0 Å². The molecule has 3 rings (SSSR count). The fourth-order valence-corrected chi connectivity index (χ4v) is 3.62. The number of aromatic nitrogens is 2. The molecule has 28 heavy (non-hydrogen) atoms. The third-order valence-corrected chi connectivity index (χ3v) is 5.33. The lowest BCUT2D eigenvalue weighted by atomic mass is 9.90. The normalized spacial score (nSPS) is 16.1. The van der Waals surface area contributed by atoms with Gasteiger partial charge < -0.3 is 15.3 Å². The van der Waals surface area contributed by atoms with E-state index in [1.807, 2.05) is 32.0 Å². The molecule has 2 amide bonds. The number of nitrogens with one attached hydrogen (secondary N) is 1. The molecular formula is C20H25ClN4O3. The van der Waals surface area contributed by atoms with Gasteiger partial charge in [0.05, 0.1) is 5.69 Å². The zero-order valence-electron chi connectivity index (χ0n) is 16.1. The van der Waals surface area contributed by atoms with Crippen LogP contribution in [0.1, 0.15) is 29.8 Å². The summed E-state index contributed by atoms with van der Waals surface area (Å²) >= 11 is 5.95. The zero-order valence-corrected chi connectivity index (χ0v) is 16.9. The molecule has 2 aromatic rings. The molecule has 1 aromatic heterocycles. The van der Waals surface area contributed by atoms with Crippen LogP contribution < -0.4 is 5.32 Å². The molecule has 0 radical (unpaired) electrons. The predicted octanol–water partition coefficient (Wildman–Crippen LogP) is 1.82. The molecule has 1 aromatic carbocycles. The Balaban J connectivity index is 1.52. The van der Waals surface area contributed by atoms with Crippen molar-refractivity contribution in [2.75, 3.05) is 13.1 Å². The largest absolute Gasteiger partial charge is 0.380 e. The third kappa shape index (κ3) is 4.72. The van der Waals surface area contributed by atoms with Crippen LogP contribution in [0.3, 0.4) is 0 Å². The quantitative estimate of drug-likeness (QED) is 0.795. The molecule has 2 heterocycles. The van der Waals surface area contributed by atoms with Crippen LogP contribution in [0.25, 0.3) is 0 Å². The fourth-order valence-electron chi connectivity index (χ4n) is 3.41. The smallest absolute Gasteiger partial charge is 0.252 e. The molecular weight excluding hydrogens is 380 g/mol. The van der Waals surface area contributed by atoms with Crippen molar-refractivity contribution in [2.45, 2.75) is 45.4 Å². The Labute approximate surface area is 169 Å². The Bertz CT molecular complexity index is 872. The van der Waals surface area contributed by atoms with Gasteiger partial charge in [0.1, 0.15) is 12.1 Å². The van der Waals surface area contributed by atoms with Crippen LogP contribution in [-0.4, -0.2) is 50.3 Å². The number of nitrogens with zero attached hydrogens (tertiary/aromatic N) is 3. The number of hydrogen-bond donors (Lipinski definition) is 2. The number of carbonyl (C=O) groups is 2. The summed E-state index contributed by atoms with van der Waals surface area (Å²) in [6.45, 7) is 4.92. The number of hydrogen-bond acceptors (Lipinski definition) is 4. The number of rotatable bonds is 5. The summed E-state index contributed by atoms with van der Waals surface area (Å²) in [5.74, 6) is -0.481. The second-order valence-corrected chi connectivity index (χ2v) is 7.75. The molecule has 0 bridgehead atoms. The molecule has 1 fully saturated rings. The average Bonchev–Trinajstić information content (AvgIpc) is 2.97. The highest BCUT2D eigenvalue weighted by Gasteiger charge is 2.40. The van der Waals surface area contributed by atoms with Gasteiger partial charge in [-0.1, -0.05) is 23.7 Å². The van der Waals surface area contributed by atoms with Gasteiger partial charge in [0, 0.05) is 43.2 Å². The van der Waals surface area contributed by atoms with E-state index < -0.39 is 11.5 Å². The topological polar surface area (TPSA) is 87.5 Å². The molecule has 1 saturated heterocycles. The second kappa shape index (κ2) is 8.32. The van der Waals surface area contributed by atoms with Crippen LogP contribution in [0.5, 0.6) is 0 Å². The fraction of sp³-hybridized carbons (Fsp3) is 0.450. The molecule has 0 spiro atoms. The van der Waals surface area contributed by atoms with Crippen LogP contribution in [0.4, 0.5) is 0 Å². The van der Waals surface area contributed by atoms with Crippen molar-refractivity contribution in [3.05, 3.63) is 52.3 Å². The number of benzene rings is 1. The highest BCUT2D eigenvalue weighted by Crippen LogP contribution is 2.23. The Kier molecular flexibility index (Phi) is 6.05. The predicted molar refractivity (Wildman–Crippen MR) is 106 cm³/mol. The van der Waals surface area contributed by atoms with E-state index in [1.54, 1.807) is 21.7 Å². The SMILES string of the molecule is Cc1cc(C)n(CC(=O)N2CCC(O)(C(=O)NCc3cccc(Cl)c3)CC2)n1. The van der Waals surface area contributed by atoms with E-state index in [0.29, 0.717) is 24.7 Å². The highest BCUT2D eigenvalue weighted by molar-refractivity contribution is 6.30. The molecule has 8 heteroatoms. The maximum Gasteiger partial charge on any atom is 0.252 e. The van der Waals surface area contributed by atoms with Gasteiger partial charge in [-0.15, -0.1) is 0 Å². The summed E-state index contributed by atoms with van der Waals surface area (Å²) in [6, 6.07) is 9.12. The summed E-state index contributed by atoms with van der Waals surface area (Å²) in [5, 5.41) is 18.4. The molecule has 150 valence electrons. The summed E-state index contributed by atoms with van der Waals surface area (Å²) < 4.78 is 1.68. The minimum atomic E-state index is -1.46. The van der Waals surface area contributed by atoms with Crippen LogP contribution in [0, 0.1) is 13.8 Å². The zero-order chi connectivity index (χ0) is 20.3. The van der Waals surface area contributed by atoms with Crippen molar-refractivity contribution < 1.29 is 14.7 Å². The summed E-state index contributed by atoms with van der Waals surface area (Å²) in [6.07, 6.45) is 0.411. The van der Waals surface area contributed by atoms with Gasteiger partial charge in [0.2, 0.25) is 5.91 Å². The molecule has 1 aliphatic heterocycles. The van der Waals surface area contributed by atoms with E-state index in [-0.39, 0.29) is 25.3 Å². The van der Waals surface area contributed by atoms with E-state index >= 15 is 0 Å². The molecule has 0 atom stereocenters. The van der Waals surface area contributed by atoms with Gasteiger partial charge in [-0.3, -0.25) is 14.3 Å². The second-order valence-electron chi connectivity index (χ2n) is 7.31. The lowest BCUT2D eigenvalue weighted by Crippen LogP contribution is -2.55. The number of aliphatic hydroxyl groups is 1. The first kappa shape index (κ1) is 20.4. The number of amides is 2. The van der Waals surface area contributed by atoms with Gasteiger partial charge in [-0.05, 0) is 37.6 Å². The van der Waals surface area contributed by atoms with Crippen molar-refractivity contribution in [3.63, 3.8) is 0 Å². The first-order valence-corrected chi connectivity index (χ1v) is 9.68. The first-order chi connectivity index (χ1) is 13.3. The van der Waals surface area contributed by atoms with Crippen molar-refractivity contribution in [1.29, 1.82) is 0 Å². The molecule has 0 saturated carbocycles. The minimum Gasteiger partial charge on any atom is -0.380 e. The lowest BCUT2D eigenvalue weighted by Gasteiger charge is -2.37. The maximum atomic E-state index is 12.5. The van der Waals surface area contributed by atoms with Crippen LogP contribution >= 0.6 is 11.6 Å². The number of halogens is 1. The molecule has 2 N–H and O–H groups in total. The minimum absolute atomic E-state index is 0.0624. The highest BCUT2D eigenvalue weighted by atomic mass is 35.5. The summed E-state index contributed by atoms with van der Waals surface area (Å²) in [7, 11) is 0. The van der Waals surface area contributed by atoms with E-state index in [0.717, 1.165) is 17.0 Å². The van der Waals surface area contributed by atoms with E-state index in [9.17, 15) is 14.7 Å². The number of likely N-dealkylation sites (tertiary alicyclic amines) is 1. The Hall–Kier alpha value is -2.38. The summed E-state index contributed by atoms with van der Waals surface area (Å²) in [5.41, 5.74) is 1.20. The Morgan fingerprint density at radius 2 is 1.96 bits per heavy atom. The van der Waals surface area contributed by atoms with Crippen molar-refractivity contribution >= 4 is 23.4 Å². The van der Waals surface area contributed by atoms with Crippen LogP contribution in [0.15, 0.2) is 30.3 Å². The van der Waals surface area contributed by atoms with Crippen LogP contribution in [-0.2, 0) is 22.7 Å². The number of aryl methyl sites for hydroxylation is 2. The van der Waals surface area contributed by atoms with Gasteiger partial charge in [-0.25, -0.2) is 0 Å². The van der Waals surface area contributed by atoms with E-state index in [1.165, 1.54) is 0 Å². The van der Waals surface area contributed by atoms with Crippen molar-refractivity contribution in [1.82, 2.24) is 20.0 Å². The average molecular weight is 405 g/mol. The van der Waals surface area contributed by atoms with Crippen molar-refractivity contribution in [3.8, 4) is 0 Å².